The van der Waals surface area contributed by atoms with Gasteiger partial charge < -0.3 is 29.2 Å². The summed E-state index contributed by atoms with van der Waals surface area (Å²) in [6, 6.07) is -0.276. The fourth-order valence-corrected chi connectivity index (χ4v) is 8.44. The summed E-state index contributed by atoms with van der Waals surface area (Å²) in [5.41, 5.74) is -0.846. The number of amides is 2. The van der Waals surface area contributed by atoms with Crippen LogP contribution in [0, 0.1) is 40.6 Å². The smallest absolute Gasteiger partial charge is 0.415 e. The third-order valence-electron chi connectivity index (χ3n) is 11.5. The maximum atomic E-state index is 14.7. The van der Waals surface area contributed by atoms with E-state index in [0.29, 0.717) is 57.3 Å². The van der Waals surface area contributed by atoms with Crippen molar-refractivity contribution in [3.8, 4) is 5.88 Å². The van der Waals surface area contributed by atoms with Crippen LogP contribution >= 0.6 is 0 Å². The highest BCUT2D eigenvalue weighted by Gasteiger charge is 2.49. The summed E-state index contributed by atoms with van der Waals surface area (Å²) in [6.45, 7) is 34.7. The van der Waals surface area contributed by atoms with Gasteiger partial charge >= 0.3 is 12.1 Å². The zero-order chi connectivity index (χ0) is 39.9. The first-order valence-corrected chi connectivity index (χ1v) is 19.8. The van der Waals surface area contributed by atoms with E-state index in [0.717, 1.165) is 12.8 Å². The van der Waals surface area contributed by atoms with E-state index < -0.39 is 23.6 Å². The van der Waals surface area contributed by atoms with Crippen LogP contribution in [0.5, 0.6) is 5.88 Å². The van der Waals surface area contributed by atoms with Crippen molar-refractivity contribution in [2.45, 2.75) is 145 Å². The molecule has 2 aliphatic carbocycles. The van der Waals surface area contributed by atoms with E-state index in [4.69, 9.17) is 30.5 Å². The predicted octanol–water partition coefficient (Wildman–Crippen LogP) is 7.92. The molecule has 2 N–H and O–H groups in total. The van der Waals surface area contributed by atoms with E-state index in [1.807, 2.05) is 34.6 Å². The highest BCUT2D eigenvalue weighted by atomic mass is 16.6. The zero-order valence-electron chi connectivity index (χ0n) is 34.6. The van der Waals surface area contributed by atoms with Crippen LogP contribution in [0.25, 0.3) is 10.5 Å². The minimum atomic E-state index is -0.655. The number of ether oxygens (including phenoxy) is 4. The lowest BCUT2D eigenvalue weighted by molar-refractivity contribution is -0.131. The molecule has 0 bridgehead atoms. The van der Waals surface area contributed by atoms with Crippen molar-refractivity contribution in [3.63, 3.8) is 0 Å². The summed E-state index contributed by atoms with van der Waals surface area (Å²) >= 11 is 0. The lowest BCUT2D eigenvalue weighted by Crippen LogP contribution is -2.51. The molecule has 3 heterocycles. The summed E-state index contributed by atoms with van der Waals surface area (Å²) in [5.74, 6) is 0.213. The Morgan fingerprint density at radius 3 is 2.11 bits per heavy atom. The Kier molecular flexibility index (Phi) is 12.2. The van der Waals surface area contributed by atoms with Crippen molar-refractivity contribution in [1.29, 1.82) is 0 Å². The third-order valence-corrected chi connectivity index (χ3v) is 11.5. The quantitative estimate of drug-likeness (QED) is 0.215. The molecule has 2 aromatic rings. The molecule has 5 unspecified atom stereocenters. The average Bonchev–Trinajstić information content (AvgIpc) is 3.62. The summed E-state index contributed by atoms with van der Waals surface area (Å²) in [7, 11) is 0. The van der Waals surface area contributed by atoms with Gasteiger partial charge in [-0.05, 0) is 62.7 Å². The molecule has 2 amide bonds. The van der Waals surface area contributed by atoms with Crippen molar-refractivity contribution in [2.75, 3.05) is 26.3 Å². The summed E-state index contributed by atoms with van der Waals surface area (Å²) in [6.07, 6.45) is 2.51. The molecule has 2 aromatic heterocycles. The van der Waals surface area contributed by atoms with Crippen LogP contribution < -0.4 is 10.1 Å². The van der Waals surface area contributed by atoms with Gasteiger partial charge in [-0.2, -0.15) is 0 Å². The monoisotopic (exact) mass is 752 g/mol. The fourth-order valence-electron chi connectivity index (χ4n) is 8.44. The van der Waals surface area contributed by atoms with Gasteiger partial charge in [0.15, 0.2) is 5.65 Å². The second-order valence-corrected chi connectivity index (χ2v) is 19.3. The highest BCUT2D eigenvalue weighted by Crippen LogP contribution is 2.50. The van der Waals surface area contributed by atoms with Gasteiger partial charge in [-0.1, -0.05) is 69.2 Å². The minimum absolute atomic E-state index is 0.0178. The summed E-state index contributed by atoms with van der Waals surface area (Å²) in [5, 5.41) is 6.54. The highest BCUT2D eigenvalue weighted by molar-refractivity contribution is 6.05. The van der Waals surface area contributed by atoms with Gasteiger partial charge in [0.1, 0.15) is 17.5 Å². The summed E-state index contributed by atoms with van der Waals surface area (Å²) < 4.78 is 25.7. The van der Waals surface area contributed by atoms with E-state index >= 15 is 0 Å². The molecule has 0 radical (unpaired) electrons. The van der Waals surface area contributed by atoms with E-state index in [1.54, 1.807) is 0 Å². The van der Waals surface area contributed by atoms with E-state index in [-0.39, 0.29) is 75.5 Å². The first kappa shape index (κ1) is 41.5. The number of H-pyrrole nitrogens is 1. The molecule has 5 atom stereocenters. The van der Waals surface area contributed by atoms with E-state index in [1.165, 1.54) is 9.42 Å². The number of fused-ring (bicyclic) bond motifs is 1. The van der Waals surface area contributed by atoms with Crippen molar-refractivity contribution >= 4 is 29.3 Å². The van der Waals surface area contributed by atoms with Crippen LogP contribution in [0.4, 0.5) is 10.5 Å². The Morgan fingerprint density at radius 1 is 0.963 bits per heavy atom. The number of hydrogen-bond donors (Lipinski definition) is 2. The second kappa shape index (κ2) is 15.8. The van der Waals surface area contributed by atoms with Gasteiger partial charge in [0.05, 0.1) is 38.0 Å². The number of esters is 1. The largest absolute Gasteiger partial charge is 0.459 e. The molecule has 13 heteroatoms. The van der Waals surface area contributed by atoms with E-state index in [2.05, 4.69) is 63.7 Å². The summed E-state index contributed by atoms with van der Waals surface area (Å²) in [4.78, 5) is 51.6. The number of nitrogens with zero attached hydrogens (tertiary/aromatic N) is 4. The van der Waals surface area contributed by atoms with Crippen LogP contribution in [-0.4, -0.2) is 88.1 Å². The van der Waals surface area contributed by atoms with Crippen molar-refractivity contribution in [1.82, 2.24) is 24.8 Å². The SMILES string of the molecule is [C-]#[N+]c1c(C(=O)OC2C(C(C)(C)C)CC(C)CC2C(C)(C)C)c2nc(C3CCC(OC(C)C)C(NC(=O)C(C)(C)C)C3)[nH]n2c1OC(=O)N1CCOCC1. The zero-order valence-corrected chi connectivity index (χ0v) is 34.6. The molecule has 300 valence electrons. The van der Waals surface area contributed by atoms with Crippen molar-refractivity contribution < 1.29 is 33.3 Å². The Labute approximate surface area is 321 Å². The second-order valence-electron chi connectivity index (χ2n) is 19.3. The predicted molar refractivity (Wildman–Crippen MR) is 206 cm³/mol. The number of aromatic nitrogens is 3. The maximum absolute atomic E-state index is 14.7. The van der Waals surface area contributed by atoms with Gasteiger partial charge in [-0.3, -0.25) is 9.89 Å². The molecule has 3 aliphatic rings. The molecule has 5 rings (SSSR count). The lowest BCUT2D eigenvalue weighted by atomic mass is 9.59. The number of carbonyl (C=O) groups is 3. The Bertz CT molecular complexity index is 1690. The van der Waals surface area contributed by atoms with Crippen molar-refractivity contribution in [2.24, 2.45) is 34.0 Å². The van der Waals surface area contributed by atoms with Crippen LogP contribution in [0.15, 0.2) is 0 Å². The molecular formula is C41H64N6O7. The fraction of sp³-hybridized carbons (Fsp3) is 0.780. The Morgan fingerprint density at radius 2 is 1.57 bits per heavy atom. The molecule has 13 nitrogen and oxygen atoms in total. The Hall–Kier alpha value is -3.63. The molecular weight excluding hydrogens is 688 g/mol. The Balaban J connectivity index is 1.57. The molecule has 0 spiro atoms. The molecule has 3 fully saturated rings. The number of aromatic amines is 1. The lowest BCUT2D eigenvalue weighted by Gasteiger charge is -2.50. The molecule has 2 saturated carbocycles. The van der Waals surface area contributed by atoms with Gasteiger partial charge in [-0.25, -0.2) is 23.9 Å². The number of nitrogens with one attached hydrogen (secondary N) is 2. The van der Waals surface area contributed by atoms with Crippen LogP contribution in [-0.2, 0) is 19.0 Å². The molecule has 1 aliphatic heterocycles. The number of morpholine rings is 1. The first-order valence-electron chi connectivity index (χ1n) is 19.8. The van der Waals surface area contributed by atoms with E-state index in [9.17, 15) is 14.4 Å². The van der Waals surface area contributed by atoms with Crippen LogP contribution in [0.2, 0.25) is 0 Å². The molecule has 1 saturated heterocycles. The number of rotatable bonds is 7. The molecule has 0 aromatic carbocycles. The van der Waals surface area contributed by atoms with Gasteiger partial charge in [0, 0.05) is 36.3 Å². The minimum Gasteiger partial charge on any atom is -0.459 e. The van der Waals surface area contributed by atoms with Crippen molar-refractivity contribution in [3.05, 3.63) is 22.8 Å². The number of hydrogen-bond acceptors (Lipinski definition) is 8. The normalized spacial score (nSPS) is 27.1. The molecule has 54 heavy (non-hydrogen) atoms. The van der Waals surface area contributed by atoms with Gasteiger partial charge in [0.25, 0.3) is 5.69 Å². The maximum Gasteiger partial charge on any atom is 0.415 e. The third kappa shape index (κ3) is 9.07. The van der Waals surface area contributed by atoms with Crippen LogP contribution in [0.1, 0.15) is 137 Å². The number of carbonyl (C=O) groups excluding carboxylic acids is 3. The van der Waals surface area contributed by atoms with Gasteiger partial charge in [0.2, 0.25) is 11.8 Å². The van der Waals surface area contributed by atoms with Gasteiger partial charge in [-0.15, -0.1) is 0 Å². The standard InChI is InChI=1S/C41H64N6O7/c1-23(2)52-29-15-14-25(22-28(29)43-37(49)41(10,11)12)33-44-34-30(31(42-13)35(47(34)45-33)54-38(50)46-16-18-51-19-17-46)36(48)53-32-26(39(4,5)6)20-24(3)21-27(32)40(7,8)9/h23-29,32H,14-22H2,1-12H3,(H,43,49)(H,44,45). The average molecular weight is 753 g/mol. The first-order chi connectivity index (χ1) is 25.1. The van der Waals surface area contributed by atoms with Crippen LogP contribution in [0.3, 0.4) is 0 Å². The topological polar surface area (TPSA) is 141 Å².